The molecule has 0 aliphatic rings. The topological polar surface area (TPSA) is 121 Å². The lowest BCUT2D eigenvalue weighted by atomic mass is 10.1. The van der Waals surface area contributed by atoms with E-state index >= 15 is 0 Å². The Hall–Kier alpha value is -3.63. The highest BCUT2D eigenvalue weighted by molar-refractivity contribution is 6.35. The number of hydrogen-bond acceptors (Lipinski definition) is 7. The highest BCUT2D eigenvalue weighted by Crippen LogP contribution is 2.31. The lowest BCUT2D eigenvalue weighted by Crippen LogP contribution is -2.29. The zero-order chi connectivity index (χ0) is 26.6. The number of hydrazone groups is 1. The van der Waals surface area contributed by atoms with Gasteiger partial charge in [-0.25, -0.2) is 5.43 Å². The Morgan fingerprint density at radius 3 is 2.47 bits per heavy atom. The lowest BCUT2D eigenvalue weighted by molar-refractivity contribution is -0.386. The van der Waals surface area contributed by atoms with Crippen molar-refractivity contribution in [3.63, 3.8) is 0 Å². The van der Waals surface area contributed by atoms with Crippen LogP contribution in [-0.4, -0.2) is 33.4 Å². The molecular formula is C24H25Cl2N5O5. The predicted molar refractivity (Wildman–Crippen MR) is 137 cm³/mol. The molecule has 0 aliphatic heterocycles. The van der Waals surface area contributed by atoms with Gasteiger partial charge < -0.3 is 9.47 Å². The number of nitro groups is 1. The van der Waals surface area contributed by atoms with Crippen LogP contribution >= 0.6 is 23.2 Å². The molecule has 1 aromatic heterocycles. The second kappa shape index (κ2) is 11.4. The van der Waals surface area contributed by atoms with Crippen molar-refractivity contribution < 1.29 is 19.2 Å². The van der Waals surface area contributed by atoms with Gasteiger partial charge in [-0.2, -0.15) is 10.2 Å². The van der Waals surface area contributed by atoms with E-state index in [0.29, 0.717) is 44.1 Å². The van der Waals surface area contributed by atoms with Gasteiger partial charge in [0.05, 0.1) is 17.7 Å². The maximum atomic E-state index is 12.7. The van der Waals surface area contributed by atoms with Crippen LogP contribution in [0.3, 0.4) is 0 Å². The predicted octanol–water partition coefficient (Wildman–Crippen LogP) is 5.40. The molecule has 1 heterocycles. The summed E-state index contributed by atoms with van der Waals surface area (Å²) >= 11 is 12.4. The van der Waals surface area contributed by atoms with Crippen molar-refractivity contribution in [3.8, 4) is 11.5 Å². The molecule has 12 heteroatoms. The molecule has 0 saturated carbocycles. The standard InChI is InChI=1S/C24H25Cl2N5O5/c1-13(27-28-24(32)16(4)30-15(3)23(31(33)34)14(2)29-30)17-9-10-21(22(11-17)35-5)36-12-18-19(25)7-6-8-20(18)26/h6-11,16H,12H2,1-5H3,(H,28,32)/b27-13+. The zero-order valence-electron chi connectivity index (χ0n) is 20.3. The van der Waals surface area contributed by atoms with E-state index in [1.165, 1.54) is 18.7 Å². The minimum atomic E-state index is -0.809. The molecule has 1 unspecified atom stereocenters. The number of rotatable bonds is 9. The second-order valence-electron chi connectivity index (χ2n) is 7.92. The third-order valence-corrected chi connectivity index (χ3v) is 6.27. The van der Waals surface area contributed by atoms with Crippen molar-refractivity contribution >= 4 is 40.5 Å². The van der Waals surface area contributed by atoms with E-state index in [2.05, 4.69) is 15.6 Å². The summed E-state index contributed by atoms with van der Waals surface area (Å²) in [5.41, 5.74) is 4.77. The van der Waals surface area contributed by atoms with Crippen LogP contribution in [0.4, 0.5) is 5.69 Å². The van der Waals surface area contributed by atoms with Crippen LogP contribution in [-0.2, 0) is 11.4 Å². The summed E-state index contributed by atoms with van der Waals surface area (Å²) < 4.78 is 12.6. The molecule has 1 atom stereocenters. The molecule has 0 bridgehead atoms. The van der Waals surface area contributed by atoms with Crippen LogP contribution in [0.2, 0.25) is 10.0 Å². The maximum absolute atomic E-state index is 12.7. The Morgan fingerprint density at radius 2 is 1.89 bits per heavy atom. The van der Waals surface area contributed by atoms with E-state index in [1.807, 2.05) is 0 Å². The number of aryl methyl sites for hydroxylation is 1. The summed E-state index contributed by atoms with van der Waals surface area (Å²) in [6, 6.07) is 9.63. The molecule has 3 aromatic rings. The fourth-order valence-corrected chi connectivity index (χ4v) is 4.04. The Kier molecular flexibility index (Phi) is 8.54. The summed E-state index contributed by atoms with van der Waals surface area (Å²) in [5.74, 6) is 0.465. The third kappa shape index (κ3) is 5.77. The van der Waals surface area contributed by atoms with Crippen molar-refractivity contribution in [1.82, 2.24) is 15.2 Å². The third-order valence-electron chi connectivity index (χ3n) is 5.56. The Balaban J connectivity index is 1.72. The number of methoxy groups -OCH3 is 1. The molecule has 0 radical (unpaired) electrons. The highest BCUT2D eigenvalue weighted by atomic mass is 35.5. The number of carbonyl (C=O) groups is 1. The van der Waals surface area contributed by atoms with Crippen molar-refractivity contribution in [1.29, 1.82) is 0 Å². The van der Waals surface area contributed by atoms with Crippen LogP contribution in [0.25, 0.3) is 0 Å². The van der Waals surface area contributed by atoms with E-state index in [4.69, 9.17) is 32.7 Å². The first-order valence-electron chi connectivity index (χ1n) is 10.8. The summed E-state index contributed by atoms with van der Waals surface area (Å²) in [4.78, 5) is 23.4. The van der Waals surface area contributed by atoms with Gasteiger partial charge in [0.1, 0.15) is 24.0 Å². The number of halogens is 2. The van der Waals surface area contributed by atoms with E-state index in [0.717, 1.165) is 0 Å². The number of aromatic nitrogens is 2. The molecule has 2 aromatic carbocycles. The van der Waals surface area contributed by atoms with E-state index in [9.17, 15) is 14.9 Å². The average molecular weight is 534 g/mol. The summed E-state index contributed by atoms with van der Waals surface area (Å²) in [6.07, 6.45) is 0. The zero-order valence-corrected chi connectivity index (χ0v) is 21.8. The molecule has 1 amide bonds. The number of hydrogen-bond donors (Lipinski definition) is 1. The monoisotopic (exact) mass is 533 g/mol. The van der Waals surface area contributed by atoms with Gasteiger partial charge in [-0.3, -0.25) is 19.6 Å². The maximum Gasteiger partial charge on any atom is 0.312 e. The van der Waals surface area contributed by atoms with Gasteiger partial charge in [-0.15, -0.1) is 0 Å². The quantitative estimate of drug-likeness (QED) is 0.223. The fourth-order valence-electron chi connectivity index (χ4n) is 3.54. The van der Waals surface area contributed by atoms with Gasteiger partial charge in [0, 0.05) is 21.2 Å². The molecule has 190 valence electrons. The SMILES string of the molecule is COc1cc(/C(C)=N/NC(=O)C(C)n2nc(C)c([N+](=O)[O-])c2C)ccc1OCc1c(Cl)cccc1Cl. The second-order valence-corrected chi connectivity index (χ2v) is 8.74. The molecular weight excluding hydrogens is 509 g/mol. The number of ether oxygens (including phenoxy) is 2. The van der Waals surface area contributed by atoms with E-state index in [-0.39, 0.29) is 18.0 Å². The van der Waals surface area contributed by atoms with Crippen LogP contribution in [0, 0.1) is 24.0 Å². The first-order valence-corrected chi connectivity index (χ1v) is 11.6. The van der Waals surface area contributed by atoms with Crippen molar-refractivity contribution in [3.05, 3.63) is 79.1 Å². The van der Waals surface area contributed by atoms with Crippen LogP contribution < -0.4 is 14.9 Å². The molecule has 0 aliphatic carbocycles. The molecule has 0 fully saturated rings. The largest absolute Gasteiger partial charge is 0.493 e. The molecule has 3 rings (SSSR count). The van der Waals surface area contributed by atoms with Gasteiger partial charge in [0.2, 0.25) is 0 Å². The smallest absolute Gasteiger partial charge is 0.312 e. The van der Waals surface area contributed by atoms with E-state index in [1.54, 1.807) is 57.2 Å². The summed E-state index contributed by atoms with van der Waals surface area (Å²) in [7, 11) is 1.51. The number of carbonyl (C=O) groups excluding carboxylic acids is 1. The minimum absolute atomic E-state index is 0.111. The summed E-state index contributed by atoms with van der Waals surface area (Å²) in [5, 5.41) is 20.5. The van der Waals surface area contributed by atoms with Gasteiger partial charge in [0.15, 0.2) is 11.5 Å². The highest BCUT2D eigenvalue weighted by Gasteiger charge is 2.27. The molecule has 36 heavy (non-hydrogen) atoms. The number of amides is 1. The van der Waals surface area contributed by atoms with Crippen molar-refractivity contribution in [2.45, 2.75) is 40.3 Å². The first-order chi connectivity index (χ1) is 17.0. The van der Waals surface area contributed by atoms with Crippen molar-refractivity contribution in [2.24, 2.45) is 5.10 Å². The minimum Gasteiger partial charge on any atom is -0.493 e. The molecule has 10 nitrogen and oxygen atoms in total. The Morgan fingerprint density at radius 1 is 1.22 bits per heavy atom. The summed E-state index contributed by atoms with van der Waals surface area (Å²) in [6.45, 7) is 6.53. The normalized spacial score (nSPS) is 12.2. The van der Waals surface area contributed by atoms with E-state index < -0.39 is 16.9 Å². The van der Waals surface area contributed by atoms with Gasteiger partial charge in [0.25, 0.3) is 5.91 Å². The Labute approximate surface area is 218 Å². The number of benzene rings is 2. The number of nitrogens with zero attached hydrogens (tertiary/aromatic N) is 4. The molecule has 1 N–H and O–H groups in total. The van der Waals surface area contributed by atoms with Crippen molar-refractivity contribution in [2.75, 3.05) is 7.11 Å². The van der Waals surface area contributed by atoms with Crippen LogP contribution in [0.15, 0.2) is 41.5 Å². The van der Waals surface area contributed by atoms with Crippen LogP contribution in [0.1, 0.15) is 42.4 Å². The molecule has 0 saturated heterocycles. The first kappa shape index (κ1) is 27.0. The van der Waals surface area contributed by atoms with Gasteiger partial charge in [-0.05, 0) is 58.0 Å². The fraction of sp³-hybridized carbons (Fsp3) is 0.292. The van der Waals surface area contributed by atoms with Gasteiger partial charge >= 0.3 is 5.69 Å². The van der Waals surface area contributed by atoms with Crippen LogP contribution in [0.5, 0.6) is 11.5 Å². The average Bonchev–Trinajstić information content (AvgIpc) is 3.15. The Bertz CT molecular complexity index is 1320. The molecule has 0 spiro atoms. The number of nitrogens with one attached hydrogen (secondary N) is 1. The lowest BCUT2D eigenvalue weighted by Gasteiger charge is -2.14. The van der Waals surface area contributed by atoms with Gasteiger partial charge in [-0.1, -0.05) is 29.3 Å².